The van der Waals surface area contributed by atoms with Crippen molar-refractivity contribution in [3.05, 3.63) is 53.6 Å². The predicted molar refractivity (Wildman–Crippen MR) is 85.8 cm³/mol. The maximum Gasteiger partial charge on any atom is 0.263 e. The molecular formula is C17H16ClNO4. The Morgan fingerprint density at radius 1 is 1.22 bits per heavy atom. The molecule has 5 nitrogen and oxygen atoms in total. The molecule has 0 spiro atoms. The molecular weight excluding hydrogens is 318 g/mol. The van der Waals surface area contributed by atoms with Crippen LogP contribution in [0.4, 0.5) is 0 Å². The first kappa shape index (κ1) is 15.5. The molecule has 0 atom stereocenters. The highest BCUT2D eigenvalue weighted by Crippen LogP contribution is 2.30. The van der Waals surface area contributed by atoms with Crippen LogP contribution < -0.4 is 9.47 Å². The monoisotopic (exact) mass is 333 g/mol. The largest absolute Gasteiger partial charge is 0.493 e. The van der Waals surface area contributed by atoms with E-state index in [1.165, 1.54) is 0 Å². The second-order valence-electron chi connectivity index (χ2n) is 4.91. The minimum absolute atomic E-state index is 0.270. The number of rotatable bonds is 6. The lowest BCUT2D eigenvalue weighted by molar-refractivity contribution is 0.279. The molecule has 2 heterocycles. The number of methoxy groups -OCH3 is 1. The Morgan fingerprint density at radius 3 is 2.78 bits per heavy atom. The van der Waals surface area contributed by atoms with E-state index in [9.17, 15) is 0 Å². The van der Waals surface area contributed by atoms with Gasteiger partial charge in [-0.15, -0.1) is 11.6 Å². The summed E-state index contributed by atoms with van der Waals surface area (Å²) >= 11 is 5.83. The van der Waals surface area contributed by atoms with Crippen LogP contribution >= 0.6 is 11.6 Å². The molecule has 2 aromatic heterocycles. The number of alkyl halides is 1. The van der Waals surface area contributed by atoms with Gasteiger partial charge in [0.25, 0.3) is 5.89 Å². The normalized spacial score (nSPS) is 10.7. The zero-order valence-electron chi connectivity index (χ0n) is 12.8. The Labute approximate surface area is 138 Å². The number of hydrogen-bond donors (Lipinski definition) is 0. The lowest BCUT2D eigenvalue weighted by atomic mass is 10.2. The maximum atomic E-state index is 5.83. The van der Waals surface area contributed by atoms with Gasteiger partial charge in [0.2, 0.25) is 0 Å². The zero-order valence-corrected chi connectivity index (χ0v) is 13.6. The number of ether oxygens (including phenoxy) is 2. The van der Waals surface area contributed by atoms with E-state index in [1.54, 1.807) is 25.5 Å². The van der Waals surface area contributed by atoms with Crippen molar-refractivity contribution < 1.29 is 18.3 Å². The molecule has 3 rings (SSSR count). The molecule has 0 N–H and O–H groups in total. The summed E-state index contributed by atoms with van der Waals surface area (Å²) in [6, 6.07) is 9.17. The van der Waals surface area contributed by atoms with Gasteiger partial charge < -0.3 is 18.3 Å². The minimum atomic E-state index is 0.270. The zero-order chi connectivity index (χ0) is 16.2. The minimum Gasteiger partial charge on any atom is -0.493 e. The van der Waals surface area contributed by atoms with E-state index < -0.39 is 0 Å². The van der Waals surface area contributed by atoms with Gasteiger partial charge in [-0.1, -0.05) is 6.07 Å². The fourth-order valence-electron chi connectivity index (χ4n) is 2.13. The van der Waals surface area contributed by atoms with Gasteiger partial charge >= 0.3 is 0 Å². The molecule has 0 radical (unpaired) electrons. The van der Waals surface area contributed by atoms with Crippen LogP contribution in [0, 0.1) is 6.92 Å². The highest BCUT2D eigenvalue weighted by molar-refractivity contribution is 6.17. The first-order valence-electron chi connectivity index (χ1n) is 7.07. The first-order chi connectivity index (χ1) is 11.2. The number of halogens is 1. The van der Waals surface area contributed by atoms with Gasteiger partial charge in [0.1, 0.15) is 18.1 Å². The van der Waals surface area contributed by atoms with Crippen LogP contribution in [0.5, 0.6) is 11.5 Å². The lowest BCUT2D eigenvalue weighted by Crippen LogP contribution is -2.00. The van der Waals surface area contributed by atoms with Gasteiger partial charge in [0.15, 0.2) is 17.3 Å². The highest BCUT2D eigenvalue weighted by atomic mass is 35.5. The van der Waals surface area contributed by atoms with E-state index in [1.807, 2.05) is 25.1 Å². The molecule has 0 amide bonds. The molecule has 0 saturated carbocycles. The van der Waals surface area contributed by atoms with Crippen molar-refractivity contribution in [2.75, 3.05) is 7.11 Å². The van der Waals surface area contributed by atoms with Crippen LogP contribution in [0.25, 0.3) is 11.7 Å². The molecule has 0 saturated heterocycles. The van der Waals surface area contributed by atoms with E-state index in [0.29, 0.717) is 40.5 Å². The number of benzene rings is 1. The van der Waals surface area contributed by atoms with E-state index in [2.05, 4.69) is 4.98 Å². The van der Waals surface area contributed by atoms with E-state index in [-0.39, 0.29) is 6.61 Å². The van der Waals surface area contributed by atoms with Crippen molar-refractivity contribution >= 4 is 11.6 Å². The summed E-state index contributed by atoms with van der Waals surface area (Å²) in [5, 5.41) is 0. The summed E-state index contributed by atoms with van der Waals surface area (Å²) in [6.45, 7) is 2.11. The standard InChI is InChI=1S/C17H16ClNO4/c1-11-13(19-17(23-11)15-4-3-7-21-15)10-22-14-6-5-12(9-18)8-16(14)20-2/h3-8H,9-10H2,1-2H3. The van der Waals surface area contributed by atoms with Crippen molar-refractivity contribution in [3.63, 3.8) is 0 Å². The molecule has 6 heteroatoms. The third-order valence-corrected chi connectivity index (χ3v) is 3.68. The fourth-order valence-corrected chi connectivity index (χ4v) is 2.29. The Morgan fingerprint density at radius 2 is 2.09 bits per heavy atom. The number of aryl methyl sites for hydroxylation is 1. The van der Waals surface area contributed by atoms with E-state index >= 15 is 0 Å². The Balaban J connectivity index is 1.76. The van der Waals surface area contributed by atoms with Crippen LogP contribution in [0.15, 0.2) is 45.4 Å². The summed E-state index contributed by atoms with van der Waals surface area (Å²) in [5.41, 5.74) is 1.67. The molecule has 3 aromatic rings. The third kappa shape index (κ3) is 3.35. The van der Waals surface area contributed by atoms with Crippen LogP contribution in [0.3, 0.4) is 0 Å². The molecule has 0 aliphatic heterocycles. The number of hydrogen-bond acceptors (Lipinski definition) is 5. The molecule has 0 aliphatic rings. The van der Waals surface area contributed by atoms with Gasteiger partial charge in [-0.2, -0.15) is 0 Å². The molecule has 23 heavy (non-hydrogen) atoms. The number of furan rings is 1. The quantitative estimate of drug-likeness (QED) is 0.618. The maximum absolute atomic E-state index is 5.83. The summed E-state index contributed by atoms with van der Waals surface area (Å²) in [4.78, 5) is 4.41. The average Bonchev–Trinajstić information content (AvgIpc) is 3.22. The third-order valence-electron chi connectivity index (χ3n) is 3.37. The number of aromatic nitrogens is 1. The molecule has 1 aromatic carbocycles. The average molecular weight is 334 g/mol. The van der Waals surface area contributed by atoms with Crippen LogP contribution in [-0.4, -0.2) is 12.1 Å². The van der Waals surface area contributed by atoms with E-state index in [4.69, 9.17) is 29.9 Å². The van der Waals surface area contributed by atoms with Crippen molar-refractivity contribution in [1.29, 1.82) is 0 Å². The van der Waals surface area contributed by atoms with E-state index in [0.717, 1.165) is 5.56 Å². The highest BCUT2D eigenvalue weighted by Gasteiger charge is 2.15. The van der Waals surface area contributed by atoms with Crippen molar-refractivity contribution in [3.8, 4) is 23.1 Å². The second kappa shape index (κ2) is 6.79. The summed E-state index contributed by atoms with van der Waals surface area (Å²) in [5.74, 6) is 3.40. The van der Waals surface area contributed by atoms with Crippen molar-refractivity contribution in [2.45, 2.75) is 19.4 Å². The molecule has 120 valence electrons. The topological polar surface area (TPSA) is 57.6 Å². The smallest absolute Gasteiger partial charge is 0.263 e. The van der Waals surface area contributed by atoms with Gasteiger partial charge in [-0.05, 0) is 36.8 Å². The summed E-state index contributed by atoms with van der Waals surface area (Å²) in [6.07, 6.45) is 1.58. The SMILES string of the molecule is COc1cc(CCl)ccc1OCc1nc(-c2ccco2)oc1C. The van der Waals surface area contributed by atoms with Crippen LogP contribution in [0.1, 0.15) is 17.0 Å². The lowest BCUT2D eigenvalue weighted by Gasteiger charge is -2.10. The van der Waals surface area contributed by atoms with Crippen LogP contribution in [-0.2, 0) is 12.5 Å². The van der Waals surface area contributed by atoms with Gasteiger partial charge in [0.05, 0.1) is 13.4 Å². The van der Waals surface area contributed by atoms with Crippen molar-refractivity contribution in [1.82, 2.24) is 4.98 Å². The Kier molecular flexibility index (Phi) is 4.57. The number of nitrogens with zero attached hydrogens (tertiary/aromatic N) is 1. The van der Waals surface area contributed by atoms with Gasteiger partial charge in [-0.25, -0.2) is 4.98 Å². The summed E-state index contributed by atoms with van der Waals surface area (Å²) < 4.78 is 22.0. The molecule has 0 unspecified atom stereocenters. The summed E-state index contributed by atoms with van der Waals surface area (Å²) in [7, 11) is 1.59. The fraction of sp³-hybridized carbons (Fsp3) is 0.235. The van der Waals surface area contributed by atoms with Gasteiger partial charge in [0, 0.05) is 5.88 Å². The molecule has 0 fully saturated rings. The predicted octanol–water partition coefficient (Wildman–Crippen LogP) is 4.57. The molecule has 0 aliphatic carbocycles. The Bertz CT molecular complexity index is 780. The van der Waals surface area contributed by atoms with Gasteiger partial charge in [-0.3, -0.25) is 0 Å². The van der Waals surface area contributed by atoms with Crippen LogP contribution in [0.2, 0.25) is 0 Å². The number of oxazole rings is 1. The Hall–Kier alpha value is -2.40. The second-order valence-corrected chi connectivity index (χ2v) is 5.17. The molecule has 0 bridgehead atoms. The van der Waals surface area contributed by atoms with Crippen molar-refractivity contribution in [2.24, 2.45) is 0 Å². The first-order valence-corrected chi connectivity index (χ1v) is 7.60.